The molecule has 0 unspecified atom stereocenters. The van der Waals surface area contributed by atoms with E-state index in [1.807, 2.05) is 0 Å². The molecule has 1 aliphatic heterocycles. The Hall–Kier alpha value is -1.55. The summed E-state index contributed by atoms with van der Waals surface area (Å²) in [6.07, 6.45) is 3.49. The second kappa shape index (κ2) is 7.82. The van der Waals surface area contributed by atoms with Crippen LogP contribution in [-0.2, 0) is 19.5 Å². The van der Waals surface area contributed by atoms with E-state index in [1.54, 1.807) is 7.11 Å². The Labute approximate surface area is 135 Å². The van der Waals surface area contributed by atoms with Crippen LogP contribution in [0.25, 0.3) is 0 Å². The van der Waals surface area contributed by atoms with Gasteiger partial charge in [-0.3, -0.25) is 4.98 Å². The van der Waals surface area contributed by atoms with Gasteiger partial charge in [0.2, 0.25) is 10.0 Å². The molecule has 23 heavy (non-hydrogen) atoms. The fourth-order valence-electron chi connectivity index (χ4n) is 2.36. The minimum absolute atomic E-state index is 0.0140. The molecule has 9 heteroatoms. The molecule has 1 saturated heterocycles. The maximum absolute atomic E-state index is 12.6. The lowest BCUT2D eigenvalue weighted by molar-refractivity contribution is -0.00502. The number of carboxylic acids is 1. The first-order valence-electron chi connectivity index (χ1n) is 7.24. The maximum atomic E-state index is 12.6. The molecule has 1 N–H and O–H groups in total. The van der Waals surface area contributed by atoms with E-state index in [1.165, 1.54) is 10.5 Å². The highest BCUT2D eigenvalue weighted by Crippen LogP contribution is 2.22. The largest absolute Gasteiger partial charge is 0.478 e. The van der Waals surface area contributed by atoms with E-state index in [2.05, 4.69) is 4.98 Å². The number of rotatable bonds is 7. The molecule has 128 valence electrons. The van der Waals surface area contributed by atoms with Gasteiger partial charge in [0.15, 0.2) is 0 Å². The number of hydrogen-bond donors (Lipinski definition) is 1. The van der Waals surface area contributed by atoms with Crippen molar-refractivity contribution in [2.75, 3.05) is 33.4 Å². The molecule has 0 aliphatic carbocycles. The fraction of sp³-hybridized carbons (Fsp3) is 0.571. The normalized spacial score (nSPS) is 17.3. The van der Waals surface area contributed by atoms with E-state index < -0.39 is 16.0 Å². The van der Waals surface area contributed by atoms with Gasteiger partial charge in [0, 0.05) is 32.6 Å². The van der Waals surface area contributed by atoms with Crippen LogP contribution in [0, 0.1) is 0 Å². The third-order valence-corrected chi connectivity index (χ3v) is 5.50. The van der Waals surface area contributed by atoms with Crippen molar-refractivity contribution in [3.63, 3.8) is 0 Å². The SMILES string of the molecule is COCCOC1CCN(S(=O)(=O)c2cncc(C(=O)O)c2)CC1. The van der Waals surface area contributed by atoms with Crippen LogP contribution in [0.15, 0.2) is 23.4 Å². The molecule has 8 nitrogen and oxygen atoms in total. The number of hydrogen-bond acceptors (Lipinski definition) is 6. The van der Waals surface area contributed by atoms with Crippen LogP contribution in [0.4, 0.5) is 0 Å². The number of nitrogens with zero attached hydrogens (tertiary/aromatic N) is 2. The Morgan fingerprint density at radius 1 is 1.35 bits per heavy atom. The molecule has 0 aromatic carbocycles. The van der Waals surface area contributed by atoms with Crippen LogP contribution in [0.5, 0.6) is 0 Å². The zero-order valence-corrected chi connectivity index (χ0v) is 13.7. The van der Waals surface area contributed by atoms with Gasteiger partial charge >= 0.3 is 5.97 Å². The van der Waals surface area contributed by atoms with Crippen LogP contribution in [0.1, 0.15) is 23.2 Å². The number of sulfonamides is 1. The Kier molecular flexibility index (Phi) is 6.05. The second-order valence-corrected chi connectivity index (χ2v) is 7.12. The van der Waals surface area contributed by atoms with Crippen LogP contribution in [0.2, 0.25) is 0 Å². The second-order valence-electron chi connectivity index (χ2n) is 5.18. The Morgan fingerprint density at radius 3 is 2.65 bits per heavy atom. The Bertz CT molecular complexity index is 640. The molecule has 2 heterocycles. The van der Waals surface area contributed by atoms with E-state index in [-0.39, 0.29) is 16.6 Å². The molecule has 0 atom stereocenters. The summed E-state index contributed by atoms with van der Waals surface area (Å²) in [5.74, 6) is -1.21. The van der Waals surface area contributed by atoms with Crippen molar-refractivity contribution in [2.24, 2.45) is 0 Å². The Morgan fingerprint density at radius 2 is 2.04 bits per heavy atom. The van der Waals surface area contributed by atoms with Crippen molar-refractivity contribution in [1.82, 2.24) is 9.29 Å². The average Bonchev–Trinajstić information content (AvgIpc) is 2.55. The van der Waals surface area contributed by atoms with E-state index in [0.29, 0.717) is 39.1 Å². The van der Waals surface area contributed by atoms with E-state index in [4.69, 9.17) is 14.6 Å². The Balaban J connectivity index is 2.01. The summed E-state index contributed by atoms with van der Waals surface area (Å²) in [6.45, 7) is 1.65. The summed E-state index contributed by atoms with van der Waals surface area (Å²) >= 11 is 0. The number of aromatic nitrogens is 1. The molecule has 2 rings (SSSR count). The van der Waals surface area contributed by atoms with Gasteiger partial charge < -0.3 is 14.6 Å². The summed E-state index contributed by atoms with van der Waals surface area (Å²) in [4.78, 5) is 14.6. The highest BCUT2D eigenvalue weighted by Gasteiger charge is 2.30. The number of carboxylic acid groups (broad SMARTS) is 1. The first kappa shape index (κ1) is 17.8. The minimum atomic E-state index is -3.74. The highest BCUT2D eigenvalue weighted by molar-refractivity contribution is 7.89. The monoisotopic (exact) mass is 344 g/mol. The lowest BCUT2D eigenvalue weighted by atomic mass is 10.1. The highest BCUT2D eigenvalue weighted by atomic mass is 32.2. The fourth-order valence-corrected chi connectivity index (χ4v) is 3.82. The van der Waals surface area contributed by atoms with Crippen LogP contribution >= 0.6 is 0 Å². The molecule has 0 bridgehead atoms. The van der Waals surface area contributed by atoms with Gasteiger partial charge in [-0.2, -0.15) is 4.31 Å². The third-order valence-electron chi connectivity index (χ3n) is 3.64. The van der Waals surface area contributed by atoms with Crippen molar-refractivity contribution in [1.29, 1.82) is 0 Å². The topological polar surface area (TPSA) is 106 Å². The van der Waals surface area contributed by atoms with Crippen LogP contribution in [-0.4, -0.2) is 68.3 Å². The van der Waals surface area contributed by atoms with Crippen molar-refractivity contribution < 1.29 is 27.8 Å². The number of piperidine rings is 1. The standard InChI is InChI=1S/C14H20N2O6S/c1-21-6-7-22-12-2-4-16(5-3-12)23(19,20)13-8-11(14(17)18)9-15-10-13/h8-10,12H,2-7H2,1H3,(H,17,18). The summed E-state index contributed by atoms with van der Waals surface area (Å²) in [5.41, 5.74) is -0.149. The minimum Gasteiger partial charge on any atom is -0.478 e. The zero-order chi connectivity index (χ0) is 16.9. The lowest BCUT2D eigenvalue weighted by Crippen LogP contribution is -2.41. The maximum Gasteiger partial charge on any atom is 0.337 e. The molecule has 0 amide bonds. The number of aromatic carboxylic acids is 1. The molecule has 1 aromatic heterocycles. The van der Waals surface area contributed by atoms with E-state index in [0.717, 1.165) is 12.3 Å². The first-order valence-corrected chi connectivity index (χ1v) is 8.68. The molecule has 0 spiro atoms. The van der Waals surface area contributed by atoms with Gasteiger partial charge in [-0.25, -0.2) is 13.2 Å². The molecule has 1 aliphatic rings. The molecule has 1 fully saturated rings. The van der Waals surface area contributed by atoms with Gasteiger partial charge in [-0.15, -0.1) is 0 Å². The van der Waals surface area contributed by atoms with Crippen molar-refractivity contribution >= 4 is 16.0 Å². The smallest absolute Gasteiger partial charge is 0.337 e. The van der Waals surface area contributed by atoms with Gasteiger partial charge in [-0.05, 0) is 18.9 Å². The van der Waals surface area contributed by atoms with Crippen molar-refractivity contribution in [2.45, 2.75) is 23.8 Å². The van der Waals surface area contributed by atoms with Crippen molar-refractivity contribution in [3.05, 3.63) is 24.0 Å². The predicted molar refractivity (Wildman–Crippen MR) is 80.8 cm³/mol. The van der Waals surface area contributed by atoms with Crippen LogP contribution in [0.3, 0.4) is 0 Å². The van der Waals surface area contributed by atoms with Gasteiger partial charge in [0.05, 0.1) is 24.9 Å². The first-order chi connectivity index (χ1) is 10.9. The lowest BCUT2D eigenvalue weighted by Gasteiger charge is -2.31. The zero-order valence-electron chi connectivity index (χ0n) is 12.8. The number of ether oxygens (including phenoxy) is 2. The van der Waals surface area contributed by atoms with E-state index >= 15 is 0 Å². The summed E-state index contributed by atoms with van der Waals surface area (Å²) < 4.78 is 37.0. The van der Waals surface area contributed by atoms with Gasteiger partial charge in [0.25, 0.3) is 0 Å². The summed E-state index contributed by atoms with van der Waals surface area (Å²) in [6, 6.07) is 1.13. The van der Waals surface area contributed by atoms with E-state index in [9.17, 15) is 13.2 Å². The summed E-state index contributed by atoms with van der Waals surface area (Å²) in [7, 11) is -2.14. The van der Waals surface area contributed by atoms with Crippen LogP contribution < -0.4 is 0 Å². The van der Waals surface area contributed by atoms with Gasteiger partial charge in [0.1, 0.15) is 4.90 Å². The predicted octanol–water partition coefficient (Wildman–Crippen LogP) is 0.596. The van der Waals surface area contributed by atoms with Gasteiger partial charge in [-0.1, -0.05) is 0 Å². The average molecular weight is 344 g/mol. The number of carbonyl (C=O) groups is 1. The number of methoxy groups -OCH3 is 1. The molecular formula is C14H20N2O6S. The molecular weight excluding hydrogens is 324 g/mol. The molecule has 0 saturated carbocycles. The quantitative estimate of drug-likeness (QED) is 0.722. The third kappa shape index (κ3) is 4.47. The molecule has 0 radical (unpaired) electrons. The molecule has 1 aromatic rings. The van der Waals surface area contributed by atoms with Crippen molar-refractivity contribution in [3.8, 4) is 0 Å². The summed E-state index contributed by atoms with van der Waals surface area (Å²) in [5, 5.41) is 8.95. The number of pyridine rings is 1.